The molecule has 4 nitrogen and oxygen atoms in total. The van der Waals surface area contributed by atoms with Gasteiger partial charge in [0.1, 0.15) is 0 Å². The molecule has 0 aromatic carbocycles. The Bertz CT molecular complexity index is 292. The Balaban J connectivity index is 1.64. The van der Waals surface area contributed by atoms with Crippen molar-refractivity contribution in [2.24, 2.45) is 0 Å². The molecule has 19 heavy (non-hydrogen) atoms. The second-order valence-electron chi connectivity index (χ2n) is 5.65. The average Bonchev–Trinajstić information content (AvgIpc) is 2.85. The molecule has 2 rings (SSSR count). The first-order valence-electron chi connectivity index (χ1n) is 7.50. The summed E-state index contributed by atoms with van der Waals surface area (Å²) in [5.41, 5.74) is 0. The zero-order valence-electron chi connectivity index (χ0n) is 12.2. The van der Waals surface area contributed by atoms with Crippen molar-refractivity contribution < 1.29 is 4.79 Å². The third-order valence-corrected chi connectivity index (χ3v) is 5.42. The van der Waals surface area contributed by atoms with E-state index in [1.807, 2.05) is 4.90 Å². The van der Waals surface area contributed by atoms with Crippen molar-refractivity contribution in [2.45, 2.75) is 37.5 Å². The summed E-state index contributed by atoms with van der Waals surface area (Å²) in [4.78, 5) is 16.4. The first kappa shape index (κ1) is 15.1. The lowest BCUT2D eigenvalue weighted by atomic mass is 10.2. The number of nitrogens with zero attached hydrogens (tertiary/aromatic N) is 2. The third kappa shape index (κ3) is 4.65. The SMILES string of the molecule is CCSC1CCC(NCC(=O)N2CCN(C)CC2)C1. The minimum atomic E-state index is 0.277. The van der Waals surface area contributed by atoms with Gasteiger partial charge < -0.3 is 15.1 Å². The molecule has 1 saturated carbocycles. The lowest BCUT2D eigenvalue weighted by molar-refractivity contribution is -0.131. The molecule has 2 unspecified atom stereocenters. The van der Waals surface area contributed by atoms with Crippen molar-refractivity contribution in [3.8, 4) is 0 Å². The molecule has 0 bridgehead atoms. The fourth-order valence-corrected chi connectivity index (χ4v) is 4.05. The van der Waals surface area contributed by atoms with Crippen LogP contribution in [0.15, 0.2) is 0 Å². The van der Waals surface area contributed by atoms with Gasteiger partial charge in [0, 0.05) is 37.5 Å². The van der Waals surface area contributed by atoms with E-state index in [1.165, 1.54) is 25.0 Å². The number of rotatable bonds is 5. The Kier molecular flexibility index (Phi) is 5.98. The van der Waals surface area contributed by atoms with Crippen LogP contribution in [-0.4, -0.2) is 72.5 Å². The summed E-state index contributed by atoms with van der Waals surface area (Å²) in [5.74, 6) is 1.48. The number of likely N-dealkylation sites (N-methyl/N-ethyl adjacent to an activating group) is 1. The molecule has 2 aliphatic rings. The maximum Gasteiger partial charge on any atom is 0.236 e. The van der Waals surface area contributed by atoms with Crippen LogP contribution in [0.4, 0.5) is 0 Å². The van der Waals surface area contributed by atoms with E-state index in [1.54, 1.807) is 0 Å². The number of thioether (sulfide) groups is 1. The molecule has 1 aliphatic heterocycles. The molecule has 5 heteroatoms. The van der Waals surface area contributed by atoms with Gasteiger partial charge in [-0.25, -0.2) is 0 Å². The van der Waals surface area contributed by atoms with Crippen molar-refractivity contribution in [3.63, 3.8) is 0 Å². The van der Waals surface area contributed by atoms with E-state index in [2.05, 4.69) is 35.9 Å². The molecule has 1 N–H and O–H groups in total. The molecular weight excluding hydrogens is 258 g/mol. The van der Waals surface area contributed by atoms with E-state index >= 15 is 0 Å². The average molecular weight is 285 g/mol. The van der Waals surface area contributed by atoms with Gasteiger partial charge in [-0.05, 0) is 32.1 Å². The molecule has 2 fully saturated rings. The van der Waals surface area contributed by atoms with Gasteiger partial charge >= 0.3 is 0 Å². The molecule has 0 aromatic rings. The van der Waals surface area contributed by atoms with Gasteiger partial charge in [0.25, 0.3) is 0 Å². The van der Waals surface area contributed by atoms with Crippen LogP contribution in [-0.2, 0) is 4.79 Å². The number of piperazine rings is 1. The number of nitrogens with one attached hydrogen (secondary N) is 1. The zero-order chi connectivity index (χ0) is 13.7. The number of hydrogen-bond donors (Lipinski definition) is 1. The highest BCUT2D eigenvalue weighted by Crippen LogP contribution is 2.29. The van der Waals surface area contributed by atoms with Crippen LogP contribution in [0.25, 0.3) is 0 Å². The molecular formula is C14H27N3OS. The monoisotopic (exact) mass is 285 g/mol. The molecule has 1 aliphatic carbocycles. The first-order chi connectivity index (χ1) is 9.19. The molecule has 2 atom stereocenters. The van der Waals surface area contributed by atoms with E-state index in [0.29, 0.717) is 12.6 Å². The van der Waals surface area contributed by atoms with Gasteiger partial charge in [-0.3, -0.25) is 4.79 Å². The van der Waals surface area contributed by atoms with Gasteiger partial charge in [0.15, 0.2) is 0 Å². The molecule has 1 saturated heterocycles. The Morgan fingerprint density at radius 1 is 1.26 bits per heavy atom. The van der Waals surface area contributed by atoms with E-state index in [4.69, 9.17) is 0 Å². The minimum Gasteiger partial charge on any atom is -0.339 e. The van der Waals surface area contributed by atoms with Crippen LogP contribution in [0.3, 0.4) is 0 Å². The topological polar surface area (TPSA) is 35.6 Å². The van der Waals surface area contributed by atoms with Crippen LogP contribution in [0.1, 0.15) is 26.2 Å². The highest BCUT2D eigenvalue weighted by Gasteiger charge is 2.25. The normalized spacial score (nSPS) is 28.8. The Labute approximate surface area is 121 Å². The maximum atomic E-state index is 12.1. The lowest BCUT2D eigenvalue weighted by Crippen LogP contribution is -2.50. The summed E-state index contributed by atoms with van der Waals surface area (Å²) >= 11 is 2.06. The second kappa shape index (κ2) is 7.50. The third-order valence-electron chi connectivity index (χ3n) is 4.18. The highest BCUT2D eigenvalue weighted by atomic mass is 32.2. The van der Waals surface area contributed by atoms with Gasteiger partial charge in [0.2, 0.25) is 5.91 Å². The predicted molar refractivity (Wildman–Crippen MR) is 81.6 cm³/mol. The summed E-state index contributed by atoms with van der Waals surface area (Å²) in [5, 5.41) is 4.27. The first-order valence-corrected chi connectivity index (χ1v) is 8.55. The Hall–Kier alpha value is -0.260. The van der Waals surface area contributed by atoms with Gasteiger partial charge in [-0.15, -0.1) is 0 Å². The summed E-state index contributed by atoms with van der Waals surface area (Å²) in [7, 11) is 2.12. The summed E-state index contributed by atoms with van der Waals surface area (Å²) in [6, 6.07) is 0.556. The fourth-order valence-electron chi connectivity index (χ4n) is 2.91. The van der Waals surface area contributed by atoms with E-state index < -0.39 is 0 Å². The van der Waals surface area contributed by atoms with E-state index in [9.17, 15) is 4.79 Å². The van der Waals surface area contributed by atoms with Crippen molar-refractivity contribution >= 4 is 17.7 Å². The molecule has 0 radical (unpaired) electrons. The smallest absolute Gasteiger partial charge is 0.236 e. The number of hydrogen-bond acceptors (Lipinski definition) is 4. The number of carbonyl (C=O) groups excluding carboxylic acids is 1. The highest BCUT2D eigenvalue weighted by molar-refractivity contribution is 7.99. The van der Waals surface area contributed by atoms with Crippen molar-refractivity contribution in [2.75, 3.05) is 45.5 Å². The van der Waals surface area contributed by atoms with Gasteiger partial charge in [-0.1, -0.05) is 6.92 Å². The summed E-state index contributed by atoms with van der Waals surface area (Å²) in [6.07, 6.45) is 3.76. The molecule has 110 valence electrons. The van der Waals surface area contributed by atoms with Crippen LogP contribution >= 0.6 is 11.8 Å². The largest absolute Gasteiger partial charge is 0.339 e. The van der Waals surface area contributed by atoms with Gasteiger partial charge in [-0.2, -0.15) is 11.8 Å². The Morgan fingerprint density at radius 3 is 2.68 bits per heavy atom. The summed E-state index contributed by atoms with van der Waals surface area (Å²) in [6.45, 7) is 6.53. The predicted octanol–water partition coefficient (Wildman–Crippen LogP) is 1.02. The minimum absolute atomic E-state index is 0.277. The van der Waals surface area contributed by atoms with Crippen molar-refractivity contribution in [1.82, 2.24) is 15.1 Å². The van der Waals surface area contributed by atoms with E-state index in [0.717, 1.165) is 31.4 Å². The second-order valence-corrected chi connectivity index (χ2v) is 7.23. The molecule has 1 heterocycles. The summed E-state index contributed by atoms with van der Waals surface area (Å²) < 4.78 is 0. The van der Waals surface area contributed by atoms with Crippen LogP contribution in [0, 0.1) is 0 Å². The van der Waals surface area contributed by atoms with Crippen LogP contribution in [0.2, 0.25) is 0 Å². The fraction of sp³-hybridized carbons (Fsp3) is 0.929. The number of carbonyl (C=O) groups is 1. The van der Waals surface area contributed by atoms with Crippen molar-refractivity contribution in [3.05, 3.63) is 0 Å². The van der Waals surface area contributed by atoms with E-state index in [-0.39, 0.29) is 5.91 Å². The zero-order valence-corrected chi connectivity index (χ0v) is 13.0. The van der Waals surface area contributed by atoms with Crippen LogP contribution < -0.4 is 5.32 Å². The molecule has 0 spiro atoms. The lowest BCUT2D eigenvalue weighted by Gasteiger charge is -2.32. The quantitative estimate of drug-likeness (QED) is 0.818. The van der Waals surface area contributed by atoms with Gasteiger partial charge in [0.05, 0.1) is 6.54 Å². The van der Waals surface area contributed by atoms with Crippen LogP contribution in [0.5, 0.6) is 0 Å². The standard InChI is InChI=1S/C14H27N3OS/c1-3-19-13-5-4-12(10-13)15-11-14(18)17-8-6-16(2)7-9-17/h12-13,15H,3-11H2,1-2H3. The van der Waals surface area contributed by atoms with Crippen molar-refractivity contribution in [1.29, 1.82) is 0 Å². The molecule has 0 aromatic heterocycles. The molecule has 1 amide bonds. The number of amides is 1. The Morgan fingerprint density at radius 2 is 2.00 bits per heavy atom. The maximum absolute atomic E-state index is 12.1.